The number of carbonyl (C=O) groups is 2. The number of nitrogens with one attached hydrogen (secondary N) is 4. The highest BCUT2D eigenvalue weighted by Crippen LogP contribution is 2.09. The molecule has 4 N–H and O–H groups in total. The molecule has 0 aromatic heterocycles. The Kier molecular flexibility index (Phi) is 2.39. The molecule has 0 aromatic rings. The summed E-state index contributed by atoms with van der Waals surface area (Å²) in [6, 6.07) is 0. The second kappa shape index (κ2) is 3.55. The van der Waals surface area contributed by atoms with Crippen LogP contribution in [0.2, 0.25) is 0 Å². The van der Waals surface area contributed by atoms with Crippen LogP contribution in [0.5, 0.6) is 0 Å². The number of rotatable bonds is 2. The maximum absolute atomic E-state index is 11.0. The third kappa shape index (κ3) is 1.71. The summed E-state index contributed by atoms with van der Waals surface area (Å²) in [7, 11) is 0. The maximum atomic E-state index is 11.0. The molecule has 6 heteroatoms. The summed E-state index contributed by atoms with van der Waals surface area (Å²) < 4.78 is 0. The molecule has 0 bridgehead atoms. The van der Waals surface area contributed by atoms with Crippen LogP contribution in [0.1, 0.15) is 6.92 Å². The van der Waals surface area contributed by atoms with E-state index in [9.17, 15) is 9.59 Å². The molecular weight excluding hydrogens is 184 g/mol. The first-order valence-electron chi connectivity index (χ1n) is 4.72. The van der Waals surface area contributed by atoms with Crippen molar-refractivity contribution in [1.82, 2.24) is 21.3 Å². The minimum absolute atomic E-state index is 0.00572. The van der Waals surface area contributed by atoms with Gasteiger partial charge in [-0.2, -0.15) is 0 Å². The zero-order valence-corrected chi connectivity index (χ0v) is 7.96. The van der Waals surface area contributed by atoms with E-state index in [4.69, 9.17) is 0 Å². The van der Waals surface area contributed by atoms with Gasteiger partial charge in [0.15, 0.2) is 0 Å². The highest BCUT2D eigenvalue weighted by atomic mass is 16.2. The second-order valence-electron chi connectivity index (χ2n) is 3.71. The molecule has 2 saturated heterocycles. The monoisotopic (exact) mass is 198 g/mol. The van der Waals surface area contributed by atoms with Crippen molar-refractivity contribution in [3.8, 4) is 0 Å². The van der Waals surface area contributed by atoms with Crippen LogP contribution in [0.25, 0.3) is 0 Å². The largest absolute Gasteiger partial charge is 0.339 e. The lowest BCUT2D eigenvalue weighted by Crippen LogP contribution is -2.50. The molecule has 0 spiro atoms. The van der Waals surface area contributed by atoms with Crippen molar-refractivity contribution in [2.24, 2.45) is 5.92 Å². The quantitative estimate of drug-likeness (QED) is 0.403. The summed E-state index contributed by atoms with van der Waals surface area (Å²) in [5.41, 5.74) is 0. The Morgan fingerprint density at radius 1 is 1.07 bits per heavy atom. The topological polar surface area (TPSA) is 82.3 Å². The van der Waals surface area contributed by atoms with Gasteiger partial charge in [-0.05, 0) is 0 Å². The van der Waals surface area contributed by atoms with Gasteiger partial charge in [0.05, 0.1) is 25.4 Å². The van der Waals surface area contributed by atoms with Crippen LogP contribution in [0, 0.1) is 5.92 Å². The van der Waals surface area contributed by atoms with Gasteiger partial charge < -0.3 is 10.6 Å². The number of hydrogen-bond donors (Lipinski definition) is 4. The van der Waals surface area contributed by atoms with Crippen LogP contribution in [0.4, 0.5) is 0 Å². The first-order chi connectivity index (χ1) is 6.66. The third-order valence-electron chi connectivity index (χ3n) is 2.65. The lowest BCUT2D eigenvalue weighted by atomic mass is 10.1. The summed E-state index contributed by atoms with van der Waals surface area (Å²) in [6.07, 6.45) is -0.114. The zero-order valence-electron chi connectivity index (χ0n) is 7.96. The predicted octanol–water partition coefficient (Wildman–Crippen LogP) is -2.29. The van der Waals surface area contributed by atoms with E-state index < -0.39 is 0 Å². The van der Waals surface area contributed by atoms with Gasteiger partial charge in [-0.1, -0.05) is 6.92 Å². The SMILES string of the molecule is CC(C1NCC(=O)N1)C1NCC(=O)N1. The maximum Gasteiger partial charge on any atom is 0.235 e. The minimum atomic E-state index is -0.0570. The van der Waals surface area contributed by atoms with Crippen LogP contribution in [-0.4, -0.2) is 37.2 Å². The lowest BCUT2D eigenvalue weighted by Gasteiger charge is -2.25. The number of hydrogen-bond acceptors (Lipinski definition) is 4. The van der Waals surface area contributed by atoms with E-state index in [1.54, 1.807) is 0 Å². The van der Waals surface area contributed by atoms with Crippen molar-refractivity contribution in [1.29, 1.82) is 0 Å². The van der Waals surface area contributed by atoms with Crippen molar-refractivity contribution in [3.05, 3.63) is 0 Å². The van der Waals surface area contributed by atoms with Gasteiger partial charge in [0.25, 0.3) is 0 Å². The van der Waals surface area contributed by atoms with Gasteiger partial charge in [0, 0.05) is 5.92 Å². The van der Waals surface area contributed by atoms with Crippen LogP contribution in [-0.2, 0) is 9.59 Å². The Morgan fingerprint density at radius 2 is 1.50 bits per heavy atom. The molecule has 2 fully saturated rings. The molecular formula is C8H14N4O2. The fourth-order valence-corrected chi connectivity index (χ4v) is 1.78. The van der Waals surface area contributed by atoms with Crippen molar-refractivity contribution >= 4 is 11.8 Å². The summed E-state index contributed by atoms with van der Waals surface area (Å²) in [5.74, 6) is 0.144. The zero-order chi connectivity index (χ0) is 10.1. The first-order valence-corrected chi connectivity index (χ1v) is 4.72. The molecule has 2 heterocycles. The van der Waals surface area contributed by atoms with E-state index in [0.29, 0.717) is 13.1 Å². The highest BCUT2D eigenvalue weighted by Gasteiger charge is 2.33. The van der Waals surface area contributed by atoms with Crippen LogP contribution >= 0.6 is 0 Å². The Labute approximate surface area is 81.8 Å². The smallest absolute Gasteiger partial charge is 0.235 e. The average molecular weight is 198 g/mol. The third-order valence-corrected chi connectivity index (χ3v) is 2.65. The van der Waals surface area contributed by atoms with E-state index in [2.05, 4.69) is 21.3 Å². The molecule has 0 aromatic carbocycles. The molecule has 2 amide bonds. The first kappa shape index (κ1) is 9.42. The molecule has 78 valence electrons. The van der Waals surface area contributed by atoms with Crippen LogP contribution in [0.3, 0.4) is 0 Å². The summed E-state index contributed by atoms with van der Waals surface area (Å²) in [4.78, 5) is 21.9. The van der Waals surface area contributed by atoms with Crippen molar-refractivity contribution in [2.75, 3.05) is 13.1 Å². The Bertz CT molecular complexity index is 242. The van der Waals surface area contributed by atoms with Gasteiger partial charge in [0.2, 0.25) is 11.8 Å². The molecule has 2 atom stereocenters. The molecule has 6 nitrogen and oxygen atoms in total. The Hall–Kier alpha value is -1.14. The van der Waals surface area contributed by atoms with E-state index in [1.165, 1.54) is 0 Å². The predicted molar refractivity (Wildman–Crippen MR) is 49.0 cm³/mol. The van der Waals surface area contributed by atoms with Crippen LogP contribution in [0.15, 0.2) is 0 Å². The van der Waals surface area contributed by atoms with Gasteiger partial charge >= 0.3 is 0 Å². The molecule has 2 aliphatic rings. The molecule has 0 radical (unpaired) electrons. The Balaban J connectivity index is 1.91. The van der Waals surface area contributed by atoms with Gasteiger partial charge in [-0.15, -0.1) is 0 Å². The van der Waals surface area contributed by atoms with E-state index in [-0.39, 0.29) is 30.1 Å². The lowest BCUT2D eigenvalue weighted by molar-refractivity contribution is -0.118. The van der Waals surface area contributed by atoms with E-state index in [0.717, 1.165) is 0 Å². The summed E-state index contributed by atoms with van der Waals surface area (Å²) in [6.45, 7) is 2.69. The minimum Gasteiger partial charge on any atom is -0.339 e. The Morgan fingerprint density at radius 3 is 1.79 bits per heavy atom. The van der Waals surface area contributed by atoms with Gasteiger partial charge in [-0.3, -0.25) is 20.2 Å². The molecule has 2 aliphatic heterocycles. The summed E-state index contributed by atoms with van der Waals surface area (Å²) in [5, 5.41) is 11.7. The van der Waals surface area contributed by atoms with Crippen molar-refractivity contribution in [2.45, 2.75) is 19.3 Å². The van der Waals surface area contributed by atoms with Crippen molar-refractivity contribution < 1.29 is 9.59 Å². The molecule has 0 saturated carbocycles. The fraction of sp³-hybridized carbons (Fsp3) is 0.750. The molecule has 2 unspecified atom stereocenters. The summed E-state index contributed by atoms with van der Waals surface area (Å²) >= 11 is 0. The number of amides is 2. The standard InChI is InChI=1S/C8H14N4O2/c1-4(7-9-2-5(13)11-7)8-10-3-6(14)12-8/h4,7-10H,2-3H2,1H3,(H,11,13)(H,12,14). The normalized spacial score (nSPS) is 34.1. The van der Waals surface area contributed by atoms with Gasteiger partial charge in [-0.25, -0.2) is 0 Å². The molecule has 2 rings (SSSR count). The molecule has 0 aliphatic carbocycles. The highest BCUT2D eigenvalue weighted by molar-refractivity contribution is 5.81. The van der Waals surface area contributed by atoms with E-state index in [1.807, 2.05) is 6.92 Å². The van der Waals surface area contributed by atoms with Crippen molar-refractivity contribution in [3.63, 3.8) is 0 Å². The van der Waals surface area contributed by atoms with Crippen LogP contribution < -0.4 is 21.3 Å². The average Bonchev–Trinajstić information content (AvgIpc) is 2.73. The number of carbonyl (C=O) groups excluding carboxylic acids is 2. The second-order valence-corrected chi connectivity index (χ2v) is 3.71. The molecule has 14 heavy (non-hydrogen) atoms. The van der Waals surface area contributed by atoms with Gasteiger partial charge in [0.1, 0.15) is 0 Å². The fourth-order valence-electron chi connectivity index (χ4n) is 1.78. The van der Waals surface area contributed by atoms with E-state index >= 15 is 0 Å².